The Hall–Kier alpha value is -3.26. The van der Waals surface area contributed by atoms with Crippen LogP contribution in [0.25, 0.3) is 6.08 Å². The minimum absolute atomic E-state index is 0.209. The number of rotatable bonds is 6. The molecule has 0 saturated carbocycles. The molecule has 0 saturated heterocycles. The van der Waals surface area contributed by atoms with Gasteiger partial charge in [0.1, 0.15) is 18.7 Å². The quantitative estimate of drug-likeness (QED) is 0.570. The van der Waals surface area contributed by atoms with Crippen LogP contribution in [0.4, 0.5) is 11.4 Å². The zero-order chi connectivity index (χ0) is 19.9. The van der Waals surface area contributed by atoms with Gasteiger partial charge in [-0.3, -0.25) is 9.59 Å². The summed E-state index contributed by atoms with van der Waals surface area (Å²) in [5.41, 5.74) is 2.18. The molecule has 142 valence electrons. The standard InChI is InChI=1S/C20H18BrN5O2/c1-14(26-13-22-12-23-26)20(28)25-18-8-6-17(7-9-18)24-19(27)10-5-15-3-2-4-16(21)11-15/h2-14H,1H3,(H,24,27)(H,25,28). The molecule has 0 aliphatic heterocycles. The first-order chi connectivity index (χ1) is 13.5. The summed E-state index contributed by atoms with van der Waals surface area (Å²) in [6, 6.07) is 14.1. The third kappa shape index (κ3) is 5.37. The highest BCUT2D eigenvalue weighted by atomic mass is 79.9. The van der Waals surface area contributed by atoms with E-state index in [9.17, 15) is 9.59 Å². The fourth-order valence-corrected chi connectivity index (χ4v) is 2.80. The SMILES string of the molecule is CC(C(=O)Nc1ccc(NC(=O)C=Cc2cccc(Br)c2)cc1)n1cncn1. The summed E-state index contributed by atoms with van der Waals surface area (Å²) in [6.45, 7) is 1.73. The topological polar surface area (TPSA) is 88.9 Å². The third-order valence-corrected chi connectivity index (χ3v) is 4.40. The predicted molar refractivity (Wildman–Crippen MR) is 112 cm³/mol. The number of nitrogens with zero attached hydrogens (tertiary/aromatic N) is 3. The number of benzene rings is 2. The highest BCUT2D eigenvalue weighted by Crippen LogP contribution is 2.16. The van der Waals surface area contributed by atoms with Crippen molar-refractivity contribution in [2.45, 2.75) is 13.0 Å². The average Bonchev–Trinajstić information content (AvgIpc) is 3.22. The molecule has 0 fully saturated rings. The molecule has 7 nitrogen and oxygen atoms in total. The molecule has 3 aromatic rings. The summed E-state index contributed by atoms with van der Waals surface area (Å²) >= 11 is 3.39. The summed E-state index contributed by atoms with van der Waals surface area (Å²) in [5.74, 6) is -0.448. The van der Waals surface area contributed by atoms with Gasteiger partial charge in [-0.05, 0) is 55.0 Å². The molecule has 1 atom stereocenters. The van der Waals surface area contributed by atoms with Gasteiger partial charge in [0.05, 0.1) is 0 Å². The Bertz CT molecular complexity index is 984. The lowest BCUT2D eigenvalue weighted by atomic mass is 10.2. The van der Waals surface area contributed by atoms with Crippen molar-refractivity contribution in [3.8, 4) is 0 Å². The van der Waals surface area contributed by atoms with E-state index >= 15 is 0 Å². The Morgan fingerprint density at radius 2 is 1.82 bits per heavy atom. The van der Waals surface area contributed by atoms with Crippen molar-refractivity contribution in [1.29, 1.82) is 0 Å². The minimum Gasteiger partial charge on any atom is -0.324 e. The van der Waals surface area contributed by atoms with E-state index in [0.29, 0.717) is 11.4 Å². The lowest BCUT2D eigenvalue weighted by Gasteiger charge is -2.12. The number of carbonyl (C=O) groups is 2. The normalized spacial score (nSPS) is 11.9. The maximum absolute atomic E-state index is 12.2. The van der Waals surface area contributed by atoms with Crippen molar-refractivity contribution >= 4 is 45.2 Å². The van der Waals surface area contributed by atoms with Crippen LogP contribution in [0.1, 0.15) is 18.5 Å². The molecule has 0 aliphatic carbocycles. The van der Waals surface area contributed by atoms with Gasteiger partial charge in [-0.2, -0.15) is 5.10 Å². The van der Waals surface area contributed by atoms with E-state index in [0.717, 1.165) is 10.0 Å². The van der Waals surface area contributed by atoms with Crippen molar-refractivity contribution in [2.75, 3.05) is 10.6 Å². The number of nitrogens with one attached hydrogen (secondary N) is 2. The van der Waals surface area contributed by atoms with Gasteiger partial charge in [0.2, 0.25) is 11.8 Å². The number of halogens is 1. The van der Waals surface area contributed by atoms with Crippen LogP contribution in [-0.2, 0) is 9.59 Å². The maximum Gasteiger partial charge on any atom is 0.249 e. The van der Waals surface area contributed by atoms with Crippen LogP contribution in [0.5, 0.6) is 0 Å². The molecular weight excluding hydrogens is 422 g/mol. The van der Waals surface area contributed by atoms with Crippen LogP contribution in [0, 0.1) is 0 Å². The van der Waals surface area contributed by atoms with Crippen molar-refractivity contribution in [2.24, 2.45) is 0 Å². The Balaban J connectivity index is 1.55. The van der Waals surface area contributed by atoms with Crippen LogP contribution in [-0.4, -0.2) is 26.6 Å². The minimum atomic E-state index is -0.481. The molecule has 0 spiro atoms. The number of amides is 2. The number of carbonyl (C=O) groups excluding carboxylic acids is 2. The molecule has 8 heteroatoms. The molecular formula is C20H18BrN5O2. The van der Waals surface area contributed by atoms with E-state index in [1.807, 2.05) is 24.3 Å². The average molecular weight is 440 g/mol. The second kappa shape index (κ2) is 9.09. The molecule has 1 aromatic heterocycles. The second-order valence-corrected chi connectivity index (χ2v) is 6.91. The number of aromatic nitrogens is 3. The van der Waals surface area contributed by atoms with E-state index in [-0.39, 0.29) is 11.8 Å². The van der Waals surface area contributed by atoms with Gasteiger partial charge in [-0.25, -0.2) is 9.67 Å². The third-order valence-electron chi connectivity index (χ3n) is 3.91. The van der Waals surface area contributed by atoms with Gasteiger partial charge in [-0.15, -0.1) is 0 Å². The zero-order valence-electron chi connectivity index (χ0n) is 15.0. The molecule has 1 heterocycles. The molecule has 0 bridgehead atoms. The summed E-state index contributed by atoms with van der Waals surface area (Å²) in [4.78, 5) is 28.1. The van der Waals surface area contributed by atoms with E-state index in [4.69, 9.17) is 0 Å². The van der Waals surface area contributed by atoms with Crippen LogP contribution in [0.3, 0.4) is 0 Å². The number of hydrogen-bond donors (Lipinski definition) is 2. The predicted octanol–water partition coefficient (Wildman–Crippen LogP) is 3.89. The molecule has 1 unspecified atom stereocenters. The van der Waals surface area contributed by atoms with Gasteiger partial charge >= 0.3 is 0 Å². The van der Waals surface area contributed by atoms with Crippen LogP contribution in [0.2, 0.25) is 0 Å². The molecule has 0 aliphatic rings. The van der Waals surface area contributed by atoms with Crippen LogP contribution >= 0.6 is 15.9 Å². The van der Waals surface area contributed by atoms with Gasteiger partial charge in [-0.1, -0.05) is 28.1 Å². The van der Waals surface area contributed by atoms with Gasteiger partial charge < -0.3 is 10.6 Å². The van der Waals surface area contributed by atoms with E-state index in [1.54, 1.807) is 37.3 Å². The largest absolute Gasteiger partial charge is 0.324 e. The lowest BCUT2D eigenvalue weighted by molar-refractivity contribution is -0.119. The van der Waals surface area contributed by atoms with Crippen molar-refractivity contribution in [3.63, 3.8) is 0 Å². The van der Waals surface area contributed by atoms with Gasteiger partial charge in [0.15, 0.2) is 0 Å². The number of anilines is 2. The fraction of sp³-hybridized carbons (Fsp3) is 0.100. The van der Waals surface area contributed by atoms with Crippen molar-refractivity contribution in [3.05, 3.63) is 77.3 Å². The zero-order valence-corrected chi connectivity index (χ0v) is 16.6. The molecule has 3 rings (SSSR count). The Labute approximate surface area is 170 Å². The molecule has 2 amide bonds. The van der Waals surface area contributed by atoms with E-state index in [1.165, 1.54) is 23.4 Å². The lowest BCUT2D eigenvalue weighted by Crippen LogP contribution is -2.24. The molecule has 2 N–H and O–H groups in total. The Kier molecular flexibility index (Phi) is 6.33. The second-order valence-electron chi connectivity index (χ2n) is 6.00. The molecule has 28 heavy (non-hydrogen) atoms. The molecule has 0 radical (unpaired) electrons. The van der Waals surface area contributed by atoms with Gasteiger partial charge in [0.25, 0.3) is 0 Å². The first kappa shape index (κ1) is 19.5. The fourth-order valence-electron chi connectivity index (χ4n) is 2.39. The molecule has 2 aromatic carbocycles. The monoisotopic (exact) mass is 439 g/mol. The van der Waals surface area contributed by atoms with Gasteiger partial charge in [0, 0.05) is 21.9 Å². The van der Waals surface area contributed by atoms with Crippen molar-refractivity contribution in [1.82, 2.24) is 14.8 Å². The van der Waals surface area contributed by atoms with Crippen molar-refractivity contribution < 1.29 is 9.59 Å². The maximum atomic E-state index is 12.2. The Morgan fingerprint density at radius 1 is 1.11 bits per heavy atom. The highest BCUT2D eigenvalue weighted by Gasteiger charge is 2.15. The summed E-state index contributed by atoms with van der Waals surface area (Å²) in [7, 11) is 0. The van der Waals surface area contributed by atoms with Crippen LogP contribution in [0.15, 0.2) is 71.7 Å². The first-order valence-electron chi connectivity index (χ1n) is 8.51. The number of hydrogen-bond acceptors (Lipinski definition) is 4. The summed E-state index contributed by atoms with van der Waals surface area (Å²) < 4.78 is 2.42. The van der Waals surface area contributed by atoms with E-state index < -0.39 is 6.04 Å². The van der Waals surface area contributed by atoms with E-state index in [2.05, 4.69) is 36.6 Å². The first-order valence-corrected chi connectivity index (χ1v) is 9.30. The summed E-state index contributed by atoms with van der Waals surface area (Å²) in [5, 5.41) is 9.54. The highest BCUT2D eigenvalue weighted by molar-refractivity contribution is 9.10. The Morgan fingerprint density at radius 3 is 2.46 bits per heavy atom. The van der Waals surface area contributed by atoms with Crippen LogP contribution < -0.4 is 10.6 Å². The smallest absolute Gasteiger partial charge is 0.249 e. The summed E-state index contributed by atoms with van der Waals surface area (Å²) in [6.07, 6.45) is 6.08.